The van der Waals surface area contributed by atoms with Gasteiger partial charge in [0, 0.05) is 25.8 Å². The van der Waals surface area contributed by atoms with Crippen LogP contribution < -0.4 is 5.73 Å². The van der Waals surface area contributed by atoms with E-state index >= 15 is 0 Å². The lowest BCUT2D eigenvalue weighted by atomic mass is 10.1. The molecule has 282 valence electrons. The summed E-state index contributed by atoms with van der Waals surface area (Å²) in [5, 5.41) is 26.7. The van der Waals surface area contributed by atoms with E-state index in [-0.39, 0.29) is 53.9 Å². The molecular weight excluding hydrogens is 600 g/mol. The van der Waals surface area contributed by atoms with Crippen molar-refractivity contribution in [1.29, 1.82) is 5.41 Å². The second kappa shape index (κ2) is 36.3. The number of likely N-dealkylation sites (tertiary alicyclic amines) is 1. The van der Waals surface area contributed by atoms with Gasteiger partial charge in [-0.25, -0.2) is 4.98 Å². The van der Waals surface area contributed by atoms with Gasteiger partial charge in [0.15, 0.2) is 5.82 Å². The zero-order valence-corrected chi connectivity index (χ0v) is 28.0. The van der Waals surface area contributed by atoms with Crippen molar-refractivity contribution in [3.05, 3.63) is 18.0 Å². The van der Waals surface area contributed by atoms with Crippen LogP contribution in [0.5, 0.6) is 0 Å². The van der Waals surface area contributed by atoms with Crippen LogP contribution in [0.25, 0.3) is 0 Å². The molecule has 0 saturated carbocycles. The zero-order chi connectivity index (χ0) is 32.3. The number of tetrazole rings is 1. The average molecular weight is 677 g/mol. The maximum absolute atomic E-state index is 6.84. The van der Waals surface area contributed by atoms with E-state index in [1.807, 2.05) is 41.5 Å². The fraction of sp³-hybridized carbons (Fsp3) is 0.879. The number of piperidine rings is 1. The molecule has 14 heteroatoms. The molecule has 0 unspecified atom stereocenters. The van der Waals surface area contributed by atoms with Gasteiger partial charge in [0.1, 0.15) is 12.2 Å². The molecule has 1 aliphatic heterocycles. The van der Waals surface area contributed by atoms with Crippen molar-refractivity contribution in [3.8, 4) is 0 Å². The van der Waals surface area contributed by atoms with Crippen molar-refractivity contribution in [2.24, 2.45) is 5.73 Å². The van der Waals surface area contributed by atoms with Crippen LogP contribution in [0.3, 0.4) is 0 Å². The first-order valence-electron chi connectivity index (χ1n) is 15.6. The molecular formula is C33H76N10O4. The van der Waals surface area contributed by atoms with Gasteiger partial charge in [0.2, 0.25) is 0 Å². The summed E-state index contributed by atoms with van der Waals surface area (Å²) in [6.45, 7) is 22.6. The molecule has 1 aliphatic rings. The van der Waals surface area contributed by atoms with Crippen LogP contribution in [-0.4, -0.2) is 117 Å². The topological polar surface area (TPSA) is 186 Å². The number of nitrogens with two attached hydrogens (primary N) is 1. The van der Waals surface area contributed by atoms with Crippen LogP contribution >= 0.6 is 0 Å². The van der Waals surface area contributed by atoms with Gasteiger partial charge in [-0.2, -0.15) is 10.3 Å². The van der Waals surface area contributed by atoms with Gasteiger partial charge in [-0.1, -0.05) is 41.3 Å². The Kier molecular flexibility index (Phi) is 41.7. The summed E-state index contributed by atoms with van der Waals surface area (Å²) in [5.74, 6) is 1.77. The maximum atomic E-state index is 6.84. The van der Waals surface area contributed by atoms with Crippen LogP contribution in [0.15, 0.2) is 6.33 Å². The lowest BCUT2D eigenvalue weighted by molar-refractivity contribution is 0.0550. The van der Waals surface area contributed by atoms with Gasteiger partial charge in [0.25, 0.3) is 0 Å². The number of hydrogen-bond donors (Lipinski definition) is 4. The van der Waals surface area contributed by atoms with E-state index in [0.29, 0.717) is 44.6 Å². The molecule has 0 aromatic carbocycles. The zero-order valence-electron chi connectivity index (χ0n) is 28.0. The minimum Gasteiger partial charge on any atom is -0.388 e. The fourth-order valence-electron chi connectivity index (χ4n) is 3.42. The first-order valence-corrected chi connectivity index (χ1v) is 15.6. The smallest absolute Gasteiger partial charge is 0.176 e. The third-order valence-corrected chi connectivity index (χ3v) is 5.55. The molecule has 0 amide bonds. The highest BCUT2D eigenvalue weighted by atomic mass is 16.5. The van der Waals surface area contributed by atoms with Crippen molar-refractivity contribution in [3.63, 3.8) is 0 Å². The Hall–Kier alpha value is -2.52. The SMILES string of the molecule is C.C.C.C.CC(C)OCCC(=N)N.CC(C)OCCN1CCCCC1.CC(C)OCCc1ncn[nH]1.CC(C)OCCc1nn[nH]n1. The Morgan fingerprint density at radius 3 is 1.74 bits per heavy atom. The second-order valence-electron chi connectivity index (χ2n) is 11.1. The van der Waals surface area contributed by atoms with Gasteiger partial charge in [-0.3, -0.25) is 10.5 Å². The number of aromatic nitrogens is 7. The van der Waals surface area contributed by atoms with E-state index < -0.39 is 0 Å². The van der Waals surface area contributed by atoms with Crippen LogP contribution in [-0.2, 0) is 31.8 Å². The Labute approximate surface area is 288 Å². The summed E-state index contributed by atoms with van der Waals surface area (Å²) >= 11 is 0. The maximum Gasteiger partial charge on any atom is 0.176 e. The highest BCUT2D eigenvalue weighted by molar-refractivity contribution is 5.76. The summed E-state index contributed by atoms with van der Waals surface area (Å²) in [6, 6.07) is 0. The van der Waals surface area contributed by atoms with Crippen LogP contribution in [0.1, 0.15) is 122 Å². The Balaban J connectivity index is -0.000000163. The number of ether oxygens (including phenoxy) is 4. The standard InChI is InChI=1S/C10H21NO.C7H13N3O.C6H12N4O.C6H14N2O.4CH4/c1-10(2)12-9-8-11-6-4-3-5-7-11;1-6(2)11-4-3-7-8-5-9-10-7;1-5(2)11-4-3-6-7-9-10-8-6;1-5(2)9-4-3-6(7)8;;;;/h10H,3-9H2,1-2H3;5-6H,3-4H2,1-2H3,(H,8,9,10);5H,3-4H2,1-2H3,(H,7,8,9,10);5H,3-4H2,1-2H3,(H3,7,8);4*1H4. The van der Waals surface area contributed by atoms with E-state index in [4.69, 9.17) is 30.1 Å². The molecule has 2 aromatic rings. The lowest BCUT2D eigenvalue weighted by Gasteiger charge is -2.26. The van der Waals surface area contributed by atoms with Gasteiger partial charge in [-0.15, -0.1) is 10.2 Å². The number of nitrogens with zero attached hydrogens (tertiary/aromatic N) is 6. The second-order valence-corrected chi connectivity index (χ2v) is 11.1. The monoisotopic (exact) mass is 677 g/mol. The number of hydrogen-bond acceptors (Lipinski definition) is 11. The molecule has 1 saturated heterocycles. The van der Waals surface area contributed by atoms with Crippen LogP contribution in [0.4, 0.5) is 0 Å². The summed E-state index contributed by atoms with van der Waals surface area (Å²) < 4.78 is 21.3. The average Bonchev–Trinajstić information content (AvgIpc) is 3.64. The quantitative estimate of drug-likeness (QED) is 0.119. The van der Waals surface area contributed by atoms with Gasteiger partial charge in [0.05, 0.1) is 56.7 Å². The number of amidine groups is 1. The first-order chi connectivity index (χ1) is 20.5. The number of H-pyrrole nitrogens is 2. The van der Waals surface area contributed by atoms with Crippen LogP contribution in [0.2, 0.25) is 0 Å². The minimum absolute atomic E-state index is 0. The molecule has 0 atom stereocenters. The van der Waals surface area contributed by atoms with E-state index in [1.165, 1.54) is 38.7 Å². The van der Waals surface area contributed by atoms with Crippen molar-refractivity contribution in [2.75, 3.05) is 46.1 Å². The highest BCUT2D eigenvalue weighted by Crippen LogP contribution is 2.07. The number of nitrogens with one attached hydrogen (secondary N) is 3. The summed E-state index contributed by atoms with van der Waals surface area (Å²) in [7, 11) is 0. The summed E-state index contributed by atoms with van der Waals surface area (Å²) in [6.07, 6.45) is 8.92. The molecule has 0 aliphatic carbocycles. The molecule has 47 heavy (non-hydrogen) atoms. The first kappa shape index (κ1) is 53.9. The minimum atomic E-state index is 0. The van der Waals surface area contributed by atoms with E-state index in [1.54, 1.807) is 0 Å². The van der Waals surface area contributed by atoms with Gasteiger partial charge in [-0.05, 0) is 81.3 Å². The van der Waals surface area contributed by atoms with Gasteiger partial charge < -0.3 is 29.6 Å². The Morgan fingerprint density at radius 1 is 0.787 bits per heavy atom. The van der Waals surface area contributed by atoms with Crippen LogP contribution in [0, 0.1) is 5.41 Å². The predicted octanol–water partition coefficient (Wildman–Crippen LogP) is 6.12. The highest BCUT2D eigenvalue weighted by Gasteiger charge is 2.09. The van der Waals surface area contributed by atoms with Crippen molar-refractivity contribution < 1.29 is 18.9 Å². The molecule has 1 fully saturated rings. The molecule has 0 bridgehead atoms. The normalized spacial score (nSPS) is 12.2. The Morgan fingerprint density at radius 2 is 1.30 bits per heavy atom. The fourth-order valence-corrected chi connectivity index (χ4v) is 3.42. The van der Waals surface area contributed by atoms with E-state index in [0.717, 1.165) is 25.4 Å². The molecule has 3 rings (SSSR count). The van der Waals surface area contributed by atoms with E-state index in [9.17, 15) is 0 Å². The molecule has 0 spiro atoms. The van der Waals surface area contributed by atoms with Crippen molar-refractivity contribution >= 4 is 5.84 Å². The third kappa shape index (κ3) is 39.6. The third-order valence-electron chi connectivity index (χ3n) is 5.55. The predicted molar refractivity (Wildman–Crippen MR) is 196 cm³/mol. The van der Waals surface area contributed by atoms with Crippen molar-refractivity contribution in [1.82, 2.24) is 40.7 Å². The lowest BCUT2D eigenvalue weighted by Crippen LogP contribution is -2.33. The molecule has 3 heterocycles. The Bertz CT molecular complexity index is 801. The molecule has 2 aromatic heterocycles. The largest absolute Gasteiger partial charge is 0.388 e. The number of aromatic amines is 2. The molecule has 14 nitrogen and oxygen atoms in total. The van der Waals surface area contributed by atoms with Crippen molar-refractivity contribution in [2.45, 2.75) is 148 Å². The molecule has 0 radical (unpaired) electrons. The van der Waals surface area contributed by atoms with Gasteiger partial charge >= 0.3 is 0 Å². The molecule has 5 N–H and O–H groups in total. The summed E-state index contributed by atoms with van der Waals surface area (Å²) in [4.78, 5) is 6.47. The van der Waals surface area contributed by atoms with E-state index in [2.05, 4.69) is 54.6 Å². The summed E-state index contributed by atoms with van der Waals surface area (Å²) in [5.41, 5.74) is 5.08. The number of rotatable bonds is 16.